The molecule has 0 radical (unpaired) electrons. The molecule has 252 valence electrons. The quantitative estimate of drug-likeness (QED) is 0.165. The summed E-state index contributed by atoms with van der Waals surface area (Å²) in [6.07, 6.45) is 0. The van der Waals surface area contributed by atoms with Gasteiger partial charge in [-0.15, -0.1) is 11.3 Å². The van der Waals surface area contributed by atoms with Crippen LogP contribution in [-0.4, -0.2) is 0 Å². The second kappa shape index (κ2) is 13.1. The molecule has 0 fully saturated rings. The Kier molecular flexibility index (Phi) is 7.63. The van der Waals surface area contributed by atoms with Crippen molar-refractivity contribution >= 4 is 65.6 Å². The summed E-state index contributed by atoms with van der Waals surface area (Å²) in [5, 5.41) is 2.52. The number of fused-ring (bicyclic) bond motifs is 5. The number of para-hydroxylation sites is 5. The van der Waals surface area contributed by atoms with Crippen LogP contribution in [0.25, 0.3) is 31.3 Å². The molecule has 9 aromatic rings. The lowest BCUT2D eigenvalue weighted by atomic mass is 9.97. The van der Waals surface area contributed by atoms with E-state index in [4.69, 9.17) is 9.47 Å². The van der Waals surface area contributed by atoms with Gasteiger partial charge in [-0.25, -0.2) is 0 Å². The normalized spacial score (nSPS) is 11.7. The number of thiophene rings is 1. The average molecular weight is 701 g/mol. The highest BCUT2D eigenvalue weighted by molar-refractivity contribution is 7.26. The van der Waals surface area contributed by atoms with E-state index in [9.17, 15) is 0 Å². The maximum Gasteiger partial charge on any atom is 0.172 e. The number of anilines is 6. The smallest absolute Gasteiger partial charge is 0.172 e. The Morgan fingerprint density at radius 1 is 0.340 bits per heavy atom. The van der Waals surface area contributed by atoms with Crippen LogP contribution in [0.1, 0.15) is 0 Å². The van der Waals surface area contributed by atoms with Crippen molar-refractivity contribution in [1.82, 2.24) is 0 Å². The van der Waals surface area contributed by atoms with E-state index in [1.54, 1.807) is 0 Å². The summed E-state index contributed by atoms with van der Waals surface area (Å²) in [6.45, 7) is 0. The summed E-state index contributed by atoms with van der Waals surface area (Å²) in [6, 6.07) is 67.9. The molecule has 8 aromatic carbocycles. The van der Waals surface area contributed by atoms with Gasteiger partial charge in [-0.3, -0.25) is 0 Å². The van der Waals surface area contributed by atoms with Gasteiger partial charge in [0.25, 0.3) is 0 Å². The summed E-state index contributed by atoms with van der Waals surface area (Å²) in [7, 11) is 0. The fourth-order valence-electron chi connectivity index (χ4n) is 7.27. The molecule has 0 saturated heterocycles. The molecule has 1 aliphatic heterocycles. The van der Waals surface area contributed by atoms with E-state index >= 15 is 0 Å². The minimum Gasteiger partial charge on any atom is -0.450 e. The highest BCUT2D eigenvalue weighted by Crippen LogP contribution is 2.50. The molecule has 0 spiro atoms. The maximum atomic E-state index is 6.38. The Hall–Kier alpha value is -6.82. The number of rotatable bonds is 7. The van der Waals surface area contributed by atoms with Crippen LogP contribution in [0.3, 0.4) is 0 Å². The molecule has 0 N–H and O–H groups in total. The van der Waals surface area contributed by atoms with Crippen LogP contribution < -0.4 is 19.3 Å². The molecule has 0 bridgehead atoms. The van der Waals surface area contributed by atoms with Crippen LogP contribution in [0.5, 0.6) is 23.0 Å². The Morgan fingerprint density at radius 2 is 0.830 bits per heavy atom. The summed E-state index contributed by atoms with van der Waals surface area (Å²) >= 11 is 1.83. The standard InChI is InChI=1S/C48H32N2O2S/c1-4-14-34(15-5-1)49(35-16-6-2-7-17-35)37-26-24-33(25-27-37)41-30-39(32-47-48(41)40-20-10-13-23-46(40)53-47)50(36-18-8-3-9-19-36)38-28-29-44-45(31-38)52-43-22-12-11-21-42(43)51-44/h1-32H. The van der Waals surface area contributed by atoms with Crippen molar-refractivity contribution in [1.29, 1.82) is 0 Å². The molecule has 4 nitrogen and oxygen atoms in total. The first-order valence-corrected chi connectivity index (χ1v) is 18.5. The molecular formula is C48H32N2O2S. The Morgan fingerprint density at radius 3 is 1.47 bits per heavy atom. The first kappa shape index (κ1) is 31.0. The minimum absolute atomic E-state index is 0.683. The lowest BCUT2D eigenvalue weighted by Crippen LogP contribution is -2.11. The second-order valence-electron chi connectivity index (χ2n) is 13.0. The van der Waals surface area contributed by atoms with Crippen LogP contribution >= 0.6 is 11.3 Å². The summed E-state index contributed by atoms with van der Waals surface area (Å²) in [5.41, 5.74) is 8.73. The number of hydrogen-bond donors (Lipinski definition) is 0. The van der Waals surface area contributed by atoms with Crippen molar-refractivity contribution in [2.75, 3.05) is 9.80 Å². The predicted molar refractivity (Wildman–Crippen MR) is 221 cm³/mol. The zero-order valence-corrected chi connectivity index (χ0v) is 29.4. The van der Waals surface area contributed by atoms with Crippen molar-refractivity contribution in [2.24, 2.45) is 0 Å². The van der Waals surface area contributed by atoms with Gasteiger partial charge in [0, 0.05) is 54.7 Å². The molecule has 2 heterocycles. The van der Waals surface area contributed by atoms with E-state index in [0.717, 1.165) is 39.7 Å². The highest BCUT2D eigenvalue weighted by Gasteiger charge is 2.23. The first-order chi connectivity index (χ1) is 26.3. The monoisotopic (exact) mass is 700 g/mol. The Labute approximate surface area is 312 Å². The van der Waals surface area contributed by atoms with Gasteiger partial charge in [0.15, 0.2) is 23.0 Å². The van der Waals surface area contributed by atoms with E-state index in [2.05, 4.69) is 174 Å². The van der Waals surface area contributed by atoms with Crippen molar-refractivity contribution in [3.63, 3.8) is 0 Å². The number of benzene rings is 8. The molecular weight excluding hydrogens is 669 g/mol. The van der Waals surface area contributed by atoms with Gasteiger partial charge in [0.05, 0.1) is 5.69 Å². The number of ether oxygens (including phenoxy) is 2. The lowest BCUT2D eigenvalue weighted by Gasteiger charge is -2.28. The van der Waals surface area contributed by atoms with E-state index in [0.29, 0.717) is 23.0 Å². The molecule has 0 aliphatic carbocycles. The third-order valence-electron chi connectivity index (χ3n) is 9.68. The number of hydrogen-bond acceptors (Lipinski definition) is 5. The largest absolute Gasteiger partial charge is 0.450 e. The van der Waals surface area contributed by atoms with Gasteiger partial charge >= 0.3 is 0 Å². The average Bonchev–Trinajstić information content (AvgIpc) is 3.60. The lowest BCUT2D eigenvalue weighted by molar-refractivity contribution is 0.360. The SMILES string of the molecule is c1ccc(N(c2ccccc2)c2ccc(-c3cc(N(c4ccccc4)c4ccc5c(c4)Oc4ccccc4O5)cc4sc5ccccc5c34)cc2)cc1. The molecule has 5 heteroatoms. The molecule has 0 unspecified atom stereocenters. The molecule has 1 aromatic heterocycles. The van der Waals surface area contributed by atoms with Gasteiger partial charge < -0.3 is 19.3 Å². The van der Waals surface area contributed by atoms with Crippen LogP contribution in [0.4, 0.5) is 34.1 Å². The summed E-state index contributed by atoms with van der Waals surface area (Å²) in [4.78, 5) is 4.60. The van der Waals surface area contributed by atoms with Gasteiger partial charge in [-0.2, -0.15) is 0 Å². The molecule has 0 atom stereocenters. The zero-order valence-electron chi connectivity index (χ0n) is 28.6. The predicted octanol–water partition coefficient (Wildman–Crippen LogP) is 14.6. The van der Waals surface area contributed by atoms with E-state index in [-0.39, 0.29) is 0 Å². The maximum absolute atomic E-state index is 6.38. The van der Waals surface area contributed by atoms with Gasteiger partial charge in [0.1, 0.15) is 0 Å². The van der Waals surface area contributed by atoms with Crippen molar-refractivity contribution in [3.8, 4) is 34.1 Å². The Bertz CT molecular complexity index is 2690. The van der Waals surface area contributed by atoms with Crippen LogP contribution in [0.2, 0.25) is 0 Å². The molecule has 0 saturated carbocycles. The summed E-state index contributed by atoms with van der Waals surface area (Å²) < 4.78 is 15.1. The second-order valence-corrected chi connectivity index (χ2v) is 14.1. The highest BCUT2D eigenvalue weighted by atomic mass is 32.1. The van der Waals surface area contributed by atoms with Crippen molar-refractivity contribution < 1.29 is 9.47 Å². The fraction of sp³-hybridized carbons (Fsp3) is 0. The van der Waals surface area contributed by atoms with Gasteiger partial charge in [-0.1, -0.05) is 97.1 Å². The minimum atomic E-state index is 0.683. The van der Waals surface area contributed by atoms with Gasteiger partial charge in [0.2, 0.25) is 0 Å². The Balaban J connectivity index is 1.13. The van der Waals surface area contributed by atoms with Crippen LogP contribution in [-0.2, 0) is 0 Å². The third-order valence-corrected chi connectivity index (χ3v) is 10.8. The topological polar surface area (TPSA) is 24.9 Å². The van der Waals surface area contributed by atoms with E-state index < -0.39 is 0 Å². The van der Waals surface area contributed by atoms with Crippen LogP contribution in [0.15, 0.2) is 194 Å². The van der Waals surface area contributed by atoms with Gasteiger partial charge in [-0.05, 0) is 102 Å². The zero-order chi connectivity index (χ0) is 35.1. The summed E-state index contributed by atoms with van der Waals surface area (Å²) in [5.74, 6) is 2.80. The van der Waals surface area contributed by atoms with E-state index in [1.807, 2.05) is 41.7 Å². The molecule has 0 amide bonds. The fourth-order valence-corrected chi connectivity index (χ4v) is 8.43. The molecule has 1 aliphatic rings. The van der Waals surface area contributed by atoms with Crippen molar-refractivity contribution in [2.45, 2.75) is 0 Å². The molecule has 53 heavy (non-hydrogen) atoms. The third kappa shape index (κ3) is 5.64. The first-order valence-electron chi connectivity index (χ1n) is 17.7. The van der Waals surface area contributed by atoms with Crippen LogP contribution in [0, 0.1) is 0 Å². The van der Waals surface area contributed by atoms with Crippen molar-refractivity contribution in [3.05, 3.63) is 194 Å². The molecule has 10 rings (SSSR count). The van der Waals surface area contributed by atoms with E-state index in [1.165, 1.54) is 25.7 Å². The number of nitrogens with zero attached hydrogens (tertiary/aromatic N) is 2.